The zero-order valence-electron chi connectivity index (χ0n) is 12.4. The Hall–Kier alpha value is -1.93. The predicted molar refractivity (Wildman–Crippen MR) is 75.2 cm³/mol. The van der Waals surface area contributed by atoms with Crippen molar-refractivity contribution < 1.29 is 29.1 Å². The van der Waals surface area contributed by atoms with Gasteiger partial charge in [-0.1, -0.05) is 0 Å². The summed E-state index contributed by atoms with van der Waals surface area (Å²) < 4.78 is 9.92. The lowest BCUT2D eigenvalue weighted by Crippen LogP contribution is -2.33. The van der Waals surface area contributed by atoms with Crippen LogP contribution in [-0.2, 0) is 9.47 Å². The average molecular weight is 295 g/mol. The largest absolute Gasteiger partial charge is 0.488 e. The maximum atomic E-state index is 12.0. The fourth-order valence-electron chi connectivity index (χ4n) is 1.45. The van der Waals surface area contributed by atoms with Gasteiger partial charge in [0.15, 0.2) is 0 Å². The van der Waals surface area contributed by atoms with Gasteiger partial charge < -0.3 is 19.5 Å². The minimum absolute atomic E-state index is 0.0473. The molecule has 1 aromatic rings. The molecule has 0 bridgehead atoms. The smallest absolute Gasteiger partial charge is 0.461 e. The molecule has 114 valence electrons. The van der Waals surface area contributed by atoms with Crippen molar-refractivity contribution in [2.75, 3.05) is 6.61 Å². The minimum atomic E-state index is -1.85. The Labute approximate surface area is 123 Å². The molecule has 0 saturated heterocycles. The van der Waals surface area contributed by atoms with Gasteiger partial charge in [-0.25, -0.2) is 14.6 Å². The molecule has 0 saturated carbocycles. The molecule has 1 rings (SSSR count). The van der Waals surface area contributed by atoms with Crippen LogP contribution in [0.3, 0.4) is 0 Å². The van der Waals surface area contributed by atoms with Gasteiger partial charge in [-0.2, -0.15) is 0 Å². The van der Waals surface area contributed by atoms with E-state index in [-0.39, 0.29) is 23.5 Å². The van der Waals surface area contributed by atoms with Crippen LogP contribution in [0, 0.1) is 0 Å². The molecule has 0 amide bonds. The summed E-state index contributed by atoms with van der Waals surface area (Å²) in [5.74, 6) is -1.53. The highest BCUT2D eigenvalue weighted by Crippen LogP contribution is 2.11. The Morgan fingerprint density at radius 2 is 1.71 bits per heavy atom. The fraction of sp³-hybridized carbons (Fsp3) is 0.462. The molecule has 0 unspecified atom stereocenters. The topological polar surface area (TPSA) is 106 Å². The number of carbonyl (C=O) groups excluding carboxylic acids is 2. The summed E-state index contributed by atoms with van der Waals surface area (Å²) in [6, 6.07) is 2.30. The second-order valence-corrected chi connectivity index (χ2v) is 5.27. The molecule has 1 aromatic heterocycles. The van der Waals surface area contributed by atoms with Crippen molar-refractivity contribution in [1.29, 1.82) is 0 Å². The highest BCUT2D eigenvalue weighted by atomic mass is 16.6. The van der Waals surface area contributed by atoms with Crippen LogP contribution in [0.15, 0.2) is 12.1 Å². The van der Waals surface area contributed by atoms with Crippen LogP contribution >= 0.6 is 0 Å². The number of hydrogen-bond donors (Lipinski definition) is 2. The fourth-order valence-corrected chi connectivity index (χ4v) is 1.45. The Morgan fingerprint density at radius 3 is 2.14 bits per heavy atom. The van der Waals surface area contributed by atoms with Crippen LogP contribution in [0.25, 0.3) is 0 Å². The Bertz CT molecular complexity index is 538. The number of carbonyl (C=O) groups is 2. The first-order valence-electron chi connectivity index (χ1n) is 6.42. The Balaban J connectivity index is 3.19. The molecule has 0 fully saturated rings. The molecule has 0 spiro atoms. The van der Waals surface area contributed by atoms with Crippen LogP contribution in [0.4, 0.5) is 0 Å². The molecular weight excluding hydrogens is 277 g/mol. The third-order valence-corrected chi connectivity index (χ3v) is 2.24. The van der Waals surface area contributed by atoms with Gasteiger partial charge in [0.25, 0.3) is 0 Å². The summed E-state index contributed by atoms with van der Waals surface area (Å²) in [6.45, 7) is 6.80. The first kappa shape index (κ1) is 17.1. The van der Waals surface area contributed by atoms with E-state index < -0.39 is 24.7 Å². The molecule has 1 heterocycles. The van der Waals surface area contributed by atoms with Crippen LogP contribution in [0.2, 0.25) is 0 Å². The SMILES string of the molecule is CCOC(=O)c1cc(B(O)O)cc(C(=O)OC(C)(C)C)n1. The quantitative estimate of drug-likeness (QED) is 0.589. The normalized spacial score (nSPS) is 11.0. The van der Waals surface area contributed by atoms with Crippen molar-refractivity contribution in [3.05, 3.63) is 23.5 Å². The van der Waals surface area contributed by atoms with Crippen molar-refractivity contribution in [3.63, 3.8) is 0 Å². The van der Waals surface area contributed by atoms with Crippen LogP contribution in [0.5, 0.6) is 0 Å². The molecule has 0 aliphatic carbocycles. The van der Waals surface area contributed by atoms with Gasteiger partial charge in [0.2, 0.25) is 0 Å². The number of rotatable bonds is 4. The minimum Gasteiger partial charge on any atom is -0.461 e. The van der Waals surface area contributed by atoms with E-state index in [1.54, 1.807) is 27.7 Å². The lowest BCUT2D eigenvalue weighted by atomic mass is 9.80. The number of aromatic nitrogens is 1. The molecule has 0 aromatic carbocycles. The van der Waals surface area contributed by atoms with E-state index in [4.69, 9.17) is 9.47 Å². The van der Waals surface area contributed by atoms with E-state index in [2.05, 4.69) is 4.98 Å². The van der Waals surface area contributed by atoms with Crippen molar-refractivity contribution in [2.24, 2.45) is 0 Å². The molecule has 0 aliphatic rings. The van der Waals surface area contributed by atoms with E-state index in [9.17, 15) is 19.6 Å². The molecular formula is C13H18BNO6. The highest BCUT2D eigenvalue weighted by molar-refractivity contribution is 6.58. The lowest BCUT2D eigenvalue weighted by molar-refractivity contribution is 0.00628. The molecule has 7 nitrogen and oxygen atoms in total. The van der Waals surface area contributed by atoms with Crippen LogP contribution < -0.4 is 5.46 Å². The van der Waals surface area contributed by atoms with Crippen LogP contribution in [-0.4, -0.2) is 46.3 Å². The van der Waals surface area contributed by atoms with E-state index in [1.807, 2.05) is 0 Å². The number of esters is 2. The van der Waals surface area contributed by atoms with Gasteiger partial charge in [0.1, 0.15) is 17.0 Å². The van der Waals surface area contributed by atoms with Gasteiger partial charge in [0.05, 0.1) is 6.61 Å². The van der Waals surface area contributed by atoms with Crippen molar-refractivity contribution in [3.8, 4) is 0 Å². The van der Waals surface area contributed by atoms with E-state index in [1.165, 1.54) is 0 Å². The summed E-state index contributed by atoms with van der Waals surface area (Å²) in [7, 11) is -1.85. The number of nitrogens with zero attached hydrogens (tertiary/aromatic N) is 1. The third-order valence-electron chi connectivity index (χ3n) is 2.24. The van der Waals surface area contributed by atoms with Crippen molar-refractivity contribution in [1.82, 2.24) is 4.98 Å². The van der Waals surface area contributed by atoms with E-state index in [0.717, 1.165) is 12.1 Å². The Kier molecular flexibility index (Phi) is 5.45. The summed E-state index contributed by atoms with van der Waals surface area (Å²) in [5.41, 5.74) is -1.17. The number of ether oxygens (including phenoxy) is 2. The van der Waals surface area contributed by atoms with Gasteiger partial charge in [-0.3, -0.25) is 0 Å². The van der Waals surface area contributed by atoms with Gasteiger partial charge >= 0.3 is 19.1 Å². The number of hydrogen-bond acceptors (Lipinski definition) is 7. The molecule has 0 atom stereocenters. The van der Waals surface area contributed by atoms with E-state index in [0.29, 0.717) is 0 Å². The monoisotopic (exact) mass is 295 g/mol. The maximum absolute atomic E-state index is 12.0. The number of pyridine rings is 1. The summed E-state index contributed by atoms with van der Waals surface area (Å²) in [6.07, 6.45) is 0. The molecule has 0 aliphatic heterocycles. The Morgan fingerprint density at radius 1 is 1.19 bits per heavy atom. The highest BCUT2D eigenvalue weighted by Gasteiger charge is 2.24. The molecule has 0 radical (unpaired) electrons. The summed E-state index contributed by atoms with van der Waals surface area (Å²) >= 11 is 0. The lowest BCUT2D eigenvalue weighted by Gasteiger charge is -2.19. The van der Waals surface area contributed by atoms with E-state index >= 15 is 0 Å². The average Bonchev–Trinajstić information content (AvgIpc) is 2.36. The molecule has 21 heavy (non-hydrogen) atoms. The van der Waals surface area contributed by atoms with Crippen molar-refractivity contribution >= 4 is 24.5 Å². The first-order chi connectivity index (χ1) is 9.64. The first-order valence-corrected chi connectivity index (χ1v) is 6.42. The third kappa shape index (κ3) is 5.16. The summed E-state index contributed by atoms with van der Waals surface area (Å²) in [5, 5.41) is 18.4. The van der Waals surface area contributed by atoms with Crippen LogP contribution in [0.1, 0.15) is 48.7 Å². The van der Waals surface area contributed by atoms with Gasteiger partial charge in [-0.05, 0) is 45.3 Å². The second-order valence-electron chi connectivity index (χ2n) is 5.27. The predicted octanol–water partition coefficient (Wildman–Crippen LogP) is -0.107. The molecule has 8 heteroatoms. The standard InChI is InChI=1S/C13H18BNO6/c1-5-20-11(16)9-6-8(14(18)19)7-10(15-9)12(17)21-13(2,3)4/h6-7,18-19H,5H2,1-4H3. The second kappa shape index (κ2) is 6.69. The zero-order chi connectivity index (χ0) is 16.2. The molecule has 2 N–H and O–H groups in total. The van der Waals surface area contributed by atoms with Crippen molar-refractivity contribution in [2.45, 2.75) is 33.3 Å². The maximum Gasteiger partial charge on any atom is 0.488 e. The van der Waals surface area contributed by atoms with Gasteiger partial charge in [0, 0.05) is 0 Å². The van der Waals surface area contributed by atoms with Gasteiger partial charge in [-0.15, -0.1) is 0 Å². The summed E-state index contributed by atoms with van der Waals surface area (Å²) in [4.78, 5) is 27.5. The zero-order valence-corrected chi connectivity index (χ0v) is 12.4.